The third kappa shape index (κ3) is 3.53. The molecule has 5 heteroatoms. The third-order valence-electron chi connectivity index (χ3n) is 6.77. The van der Waals surface area contributed by atoms with Crippen LogP contribution in [0.4, 0.5) is 0 Å². The van der Waals surface area contributed by atoms with E-state index in [0.29, 0.717) is 5.56 Å². The van der Waals surface area contributed by atoms with Gasteiger partial charge < -0.3 is 9.67 Å². The van der Waals surface area contributed by atoms with E-state index in [-0.39, 0.29) is 29.2 Å². The molecule has 27 heavy (non-hydrogen) atoms. The van der Waals surface area contributed by atoms with E-state index < -0.39 is 0 Å². The molecule has 0 atom stereocenters. The van der Waals surface area contributed by atoms with Gasteiger partial charge in [0.25, 0.3) is 5.56 Å². The summed E-state index contributed by atoms with van der Waals surface area (Å²) >= 11 is 0. The molecule has 1 heterocycles. The van der Waals surface area contributed by atoms with E-state index in [9.17, 15) is 14.7 Å². The van der Waals surface area contributed by atoms with Crippen LogP contribution in [0.1, 0.15) is 108 Å². The van der Waals surface area contributed by atoms with Gasteiger partial charge in [-0.2, -0.15) is 0 Å². The molecule has 3 aliphatic rings. The van der Waals surface area contributed by atoms with Gasteiger partial charge in [-0.1, -0.05) is 44.6 Å². The van der Waals surface area contributed by atoms with Crippen molar-refractivity contribution < 1.29 is 5.11 Å². The molecule has 3 aliphatic carbocycles. The molecule has 2 saturated carbocycles. The van der Waals surface area contributed by atoms with Crippen LogP contribution < -0.4 is 16.4 Å². The molecule has 0 N–H and O–H groups in total. The quantitative estimate of drug-likeness (QED) is 0.805. The van der Waals surface area contributed by atoms with Crippen molar-refractivity contribution in [2.45, 2.75) is 102 Å². The molecule has 1 aromatic heterocycles. The minimum absolute atomic E-state index is 0.0443. The van der Waals surface area contributed by atoms with Crippen LogP contribution in [0.15, 0.2) is 15.7 Å². The Labute approximate surface area is 160 Å². The van der Waals surface area contributed by atoms with Gasteiger partial charge in [0, 0.05) is 12.1 Å². The van der Waals surface area contributed by atoms with Crippen molar-refractivity contribution in [2.75, 3.05) is 0 Å². The molecule has 1 aromatic rings. The Morgan fingerprint density at radius 1 is 0.778 bits per heavy atom. The van der Waals surface area contributed by atoms with E-state index in [2.05, 4.69) is 6.08 Å². The fourth-order valence-corrected chi connectivity index (χ4v) is 5.28. The summed E-state index contributed by atoms with van der Waals surface area (Å²) in [6.07, 6.45) is 15.9. The first-order valence-electron chi connectivity index (χ1n) is 11.0. The second-order valence-corrected chi connectivity index (χ2v) is 8.57. The van der Waals surface area contributed by atoms with Crippen LogP contribution >= 0.6 is 0 Å². The number of aromatic nitrogens is 2. The highest BCUT2D eigenvalue weighted by molar-refractivity contribution is 5.68. The second kappa shape index (κ2) is 8.07. The number of nitrogens with zero attached hydrogens (tertiary/aromatic N) is 2. The lowest BCUT2D eigenvalue weighted by atomic mass is 9.92. The van der Waals surface area contributed by atoms with Gasteiger partial charge in [0.2, 0.25) is 0 Å². The maximum absolute atomic E-state index is 13.4. The molecule has 4 rings (SSSR count). The van der Waals surface area contributed by atoms with E-state index in [1.807, 2.05) is 0 Å². The monoisotopic (exact) mass is 371 g/mol. The Kier molecular flexibility index (Phi) is 5.55. The van der Waals surface area contributed by atoms with Gasteiger partial charge in [-0.15, -0.1) is 0 Å². The zero-order valence-electron chi connectivity index (χ0n) is 16.3. The lowest BCUT2D eigenvalue weighted by Gasteiger charge is -2.33. The van der Waals surface area contributed by atoms with E-state index in [1.54, 1.807) is 0 Å². The normalized spacial score (nSPS) is 22.6. The van der Waals surface area contributed by atoms with Crippen LogP contribution in [0.2, 0.25) is 0 Å². The van der Waals surface area contributed by atoms with Crippen molar-refractivity contribution in [2.24, 2.45) is 0 Å². The van der Waals surface area contributed by atoms with Crippen molar-refractivity contribution in [3.63, 3.8) is 0 Å². The van der Waals surface area contributed by atoms with Crippen LogP contribution in [0.5, 0.6) is 5.88 Å². The second-order valence-electron chi connectivity index (χ2n) is 8.57. The first-order chi connectivity index (χ1) is 13.2. The van der Waals surface area contributed by atoms with Crippen LogP contribution in [0, 0.1) is 0 Å². The van der Waals surface area contributed by atoms with Crippen LogP contribution in [-0.2, 0) is 0 Å². The van der Waals surface area contributed by atoms with Crippen molar-refractivity contribution in [3.05, 3.63) is 32.5 Å². The fraction of sp³-hybridized carbons (Fsp3) is 0.727. The lowest BCUT2D eigenvalue weighted by molar-refractivity contribution is -0.282. The predicted molar refractivity (Wildman–Crippen MR) is 105 cm³/mol. The summed E-state index contributed by atoms with van der Waals surface area (Å²) in [7, 11) is 0. The van der Waals surface area contributed by atoms with E-state index in [4.69, 9.17) is 0 Å². The molecular formula is C22H31N2O3-. The Morgan fingerprint density at radius 2 is 1.37 bits per heavy atom. The minimum Gasteiger partial charge on any atom is -0.859 e. The molecule has 0 radical (unpaired) electrons. The molecule has 5 nitrogen and oxygen atoms in total. The highest BCUT2D eigenvalue weighted by atomic mass is 16.3. The molecule has 2 fully saturated rings. The number of allylic oxidation sites excluding steroid dienone is 2. The van der Waals surface area contributed by atoms with Crippen LogP contribution in [0.3, 0.4) is 0 Å². The van der Waals surface area contributed by atoms with Gasteiger partial charge in [-0.3, -0.25) is 9.36 Å². The first kappa shape index (κ1) is 18.6. The third-order valence-corrected chi connectivity index (χ3v) is 6.77. The molecule has 0 spiro atoms. The highest BCUT2D eigenvalue weighted by Crippen LogP contribution is 2.34. The summed E-state index contributed by atoms with van der Waals surface area (Å²) in [5.74, 6) is -0.322. The van der Waals surface area contributed by atoms with Crippen molar-refractivity contribution >= 4 is 5.57 Å². The van der Waals surface area contributed by atoms with Gasteiger partial charge in [0.15, 0.2) is 0 Å². The zero-order chi connectivity index (χ0) is 18.8. The number of rotatable bonds is 3. The largest absolute Gasteiger partial charge is 0.859 e. The maximum atomic E-state index is 13.4. The van der Waals surface area contributed by atoms with E-state index in [1.165, 1.54) is 22.0 Å². The standard InChI is InChI=1S/C22H32N2O3/c25-20-19(16-10-4-1-5-11-16)21(26)24(18-14-8-3-9-15-18)22(27)23(20)17-12-6-2-7-13-17/h10,17-18,25H,1-9,11-15H2/p-1. The molecular weight excluding hydrogens is 340 g/mol. The SMILES string of the molecule is O=c1c(C2=CCCCC2)c([O-])n(C2CCCCC2)c(=O)n1C1CCCCC1. The molecule has 148 valence electrons. The van der Waals surface area contributed by atoms with Crippen LogP contribution in [0.25, 0.3) is 5.57 Å². The molecule has 0 aliphatic heterocycles. The fourth-order valence-electron chi connectivity index (χ4n) is 5.28. The highest BCUT2D eigenvalue weighted by Gasteiger charge is 2.27. The van der Waals surface area contributed by atoms with E-state index in [0.717, 1.165) is 82.6 Å². The van der Waals surface area contributed by atoms with Gasteiger partial charge in [0.1, 0.15) is 0 Å². The molecule has 0 aromatic carbocycles. The average Bonchev–Trinajstić information content (AvgIpc) is 2.70. The summed E-state index contributed by atoms with van der Waals surface area (Å²) < 4.78 is 2.94. The average molecular weight is 372 g/mol. The van der Waals surface area contributed by atoms with Gasteiger partial charge in [-0.25, -0.2) is 4.79 Å². The van der Waals surface area contributed by atoms with Crippen molar-refractivity contribution in [1.29, 1.82) is 0 Å². The Hall–Kier alpha value is -1.78. The Balaban J connectivity index is 1.90. The zero-order valence-corrected chi connectivity index (χ0v) is 16.3. The molecule has 0 bridgehead atoms. The molecule has 0 unspecified atom stereocenters. The summed E-state index contributed by atoms with van der Waals surface area (Å²) in [5.41, 5.74) is 0.511. The number of hydrogen-bond donors (Lipinski definition) is 0. The number of hydrogen-bond acceptors (Lipinski definition) is 3. The summed E-state index contributed by atoms with van der Waals surface area (Å²) in [4.78, 5) is 26.7. The Morgan fingerprint density at radius 3 is 1.93 bits per heavy atom. The molecule has 0 saturated heterocycles. The topological polar surface area (TPSA) is 67.1 Å². The van der Waals surface area contributed by atoms with Gasteiger partial charge >= 0.3 is 5.69 Å². The maximum Gasteiger partial charge on any atom is 0.331 e. The van der Waals surface area contributed by atoms with Gasteiger partial charge in [0.05, 0.1) is 5.56 Å². The summed E-state index contributed by atoms with van der Waals surface area (Å²) in [6.45, 7) is 0. The van der Waals surface area contributed by atoms with Crippen molar-refractivity contribution in [3.8, 4) is 5.88 Å². The lowest BCUT2D eigenvalue weighted by Crippen LogP contribution is -2.46. The molecule has 0 amide bonds. The summed E-state index contributed by atoms with van der Waals surface area (Å²) in [6, 6.07) is -0.0886. The summed E-state index contributed by atoms with van der Waals surface area (Å²) in [5, 5.41) is 13.4. The van der Waals surface area contributed by atoms with Gasteiger partial charge in [-0.05, 0) is 62.8 Å². The predicted octanol–water partition coefficient (Wildman–Crippen LogP) is 4.05. The van der Waals surface area contributed by atoms with Crippen LogP contribution in [-0.4, -0.2) is 9.13 Å². The Bertz CT molecular complexity index is 821. The minimum atomic E-state index is -0.344. The van der Waals surface area contributed by atoms with Crippen molar-refractivity contribution in [1.82, 2.24) is 9.13 Å². The first-order valence-corrected chi connectivity index (χ1v) is 11.0. The smallest absolute Gasteiger partial charge is 0.331 e. The van der Waals surface area contributed by atoms with E-state index >= 15 is 0 Å².